The van der Waals surface area contributed by atoms with Crippen molar-refractivity contribution >= 4 is 17.3 Å². The summed E-state index contributed by atoms with van der Waals surface area (Å²) < 4.78 is 0. The van der Waals surface area contributed by atoms with E-state index in [9.17, 15) is 25.0 Å². The molecule has 2 N–H and O–H groups in total. The van der Waals surface area contributed by atoms with Crippen LogP contribution in [0.2, 0.25) is 0 Å². The molecule has 9 nitrogen and oxygen atoms in total. The molecular formula is C12H8N4O5. The fourth-order valence-corrected chi connectivity index (χ4v) is 1.79. The number of amides is 1. The zero-order valence-corrected chi connectivity index (χ0v) is 10.4. The van der Waals surface area contributed by atoms with E-state index in [1.54, 1.807) is 12.1 Å². The van der Waals surface area contributed by atoms with Crippen molar-refractivity contribution < 1.29 is 14.6 Å². The van der Waals surface area contributed by atoms with Gasteiger partial charge in [-0.2, -0.15) is 0 Å². The third kappa shape index (κ3) is 2.66. The van der Waals surface area contributed by atoms with Crippen LogP contribution in [-0.2, 0) is 0 Å². The van der Waals surface area contributed by atoms with Crippen LogP contribution in [0.1, 0.15) is 10.4 Å². The second-order valence-corrected chi connectivity index (χ2v) is 3.99. The highest BCUT2D eigenvalue weighted by Gasteiger charge is 2.24. The molecule has 0 atom stereocenters. The maximum Gasteiger partial charge on any atom is 0.302 e. The summed E-state index contributed by atoms with van der Waals surface area (Å²) in [5, 5.41) is 21.7. The first kappa shape index (κ1) is 14.1. The summed E-state index contributed by atoms with van der Waals surface area (Å²) >= 11 is 0. The number of benzene rings is 1. The van der Waals surface area contributed by atoms with E-state index in [0.29, 0.717) is 0 Å². The summed E-state index contributed by atoms with van der Waals surface area (Å²) in [5.41, 5.74) is 4.16. The predicted octanol–water partition coefficient (Wildman–Crippen LogP) is 1.66. The Labute approximate surface area is 117 Å². The van der Waals surface area contributed by atoms with Crippen LogP contribution in [0.15, 0.2) is 36.5 Å². The molecule has 0 aliphatic carbocycles. The first-order valence-corrected chi connectivity index (χ1v) is 5.60. The molecule has 2 rings (SSSR count). The van der Waals surface area contributed by atoms with Gasteiger partial charge in [0.05, 0.1) is 15.9 Å². The second-order valence-electron chi connectivity index (χ2n) is 3.99. The summed E-state index contributed by atoms with van der Waals surface area (Å²) in [6, 6.07) is 6.71. The van der Waals surface area contributed by atoms with E-state index in [4.69, 9.17) is 5.73 Å². The number of nitrogens with zero attached hydrogens (tertiary/aromatic N) is 3. The van der Waals surface area contributed by atoms with Crippen LogP contribution in [-0.4, -0.2) is 20.7 Å². The highest BCUT2D eigenvalue weighted by molar-refractivity contribution is 6.00. The molecule has 0 bridgehead atoms. The molecule has 0 unspecified atom stereocenters. The van der Waals surface area contributed by atoms with Crippen LogP contribution in [0.25, 0.3) is 11.3 Å². The van der Waals surface area contributed by atoms with Crippen molar-refractivity contribution in [2.24, 2.45) is 5.73 Å². The maximum absolute atomic E-state index is 11.4. The molecule has 1 aromatic carbocycles. The molecule has 1 heterocycles. The third-order valence-corrected chi connectivity index (χ3v) is 2.71. The van der Waals surface area contributed by atoms with Gasteiger partial charge >= 0.3 is 5.69 Å². The number of rotatable bonds is 4. The molecule has 0 spiro atoms. The van der Waals surface area contributed by atoms with E-state index in [1.807, 2.05) is 0 Å². The van der Waals surface area contributed by atoms with Gasteiger partial charge in [-0.1, -0.05) is 18.2 Å². The van der Waals surface area contributed by atoms with Gasteiger partial charge in [0.1, 0.15) is 11.9 Å². The predicted molar refractivity (Wildman–Crippen MR) is 71.5 cm³/mol. The SMILES string of the molecule is NC(=O)c1ccccc1-c1ncc([N+](=O)[O-])cc1[N+](=O)[O-]. The van der Waals surface area contributed by atoms with E-state index in [-0.39, 0.29) is 16.8 Å². The summed E-state index contributed by atoms with van der Waals surface area (Å²) in [7, 11) is 0. The molecule has 0 fully saturated rings. The minimum Gasteiger partial charge on any atom is -0.366 e. The van der Waals surface area contributed by atoms with E-state index in [2.05, 4.69) is 4.98 Å². The Balaban J connectivity index is 2.72. The van der Waals surface area contributed by atoms with Gasteiger partial charge in [-0.3, -0.25) is 25.0 Å². The Morgan fingerprint density at radius 3 is 2.38 bits per heavy atom. The summed E-state index contributed by atoms with van der Waals surface area (Å²) in [6.07, 6.45) is 0.889. The zero-order valence-electron chi connectivity index (χ0n) is 10.4. The van der Waals surface area contributed by atoms with Crippen LogP contribution >= 0.6 is 0 Å². The molecule has 0 saturated carbocycles. The largest absolute Gasteiger partial charge is 0.366 e. The number of primary amides is 1. The highest BCUT2D eigenvalue weighted by atomic mass is 16.6. The standard InChI is InChI=1S/C12H8N4O5/c13-12(17)9-4-2-1-3-8(9)11-10(16(20)21)5-7(6-14-11)15(18)19/h1-6H,(H2,13,17). The molecular weight excluding hydrogens is 280 g/mol. The number of carbonyl (C=O) groups is 1. The second kappa shape index (κ2) is 5.33. The van der Waals surface area contributed by atoms with Gasteiger partial charge < -0.3 is 5.73 Å². The van der Waals surface area contributed by atoms with Gasteiger partial charge in [-0.25, -0.2) is 4.98 Å². The molecule has 1 amide bonds. The molecule has 0 saturated heterocycles. The first-order valence-electron chi connectivity index (χ1n) is 5.60. The normalized spacial score (nSPS) is 10.1. The van der Waals surface area contributed by atoms with Gasteiger partial charge in [0, 0.05) is 11.1 Å². The van der Waals surface area contributed by atoms with Crippen LogP contribution in [0.4, 0.5) is 11.4 Å². The average molecular weight is 288 g/mol. The lowest BCUT2D eigenvalue weighted by molar-refractivity contribution is -0.394. The number of hydrogen-bond donors (Lipinski definition) is 1. The van der Waals surface area contributed by atoms with Crippen molar-refractivity contribution in [1.82, 2.24) is 4.98 Å². The number of pyridine rings is 1. The Kier molecular flexibility index (Phi) is 3.57. The van der Waals surface area contributed by atoms with E-state index >= 15 is 0 Å². The van der Waals surface area contributed by atoms with E-state index in [0.717, 1.165) is 12.3 Å². The van der Waals surface area contributed by atoms with Gasteiger partial charge in [-0.05, 0) is 6.07 Å². The molecule has 1 aromatic heterocycles. The Hall–Kier alpha value is -3.36. The van der Waals surface area contributed by atoms with Crippen LogP contribution in [0, 0.1) is 20.2 Å². The maximum atomic E-state index is 11.4. The first-order chi connectivity index (χ1) is 9.91. The highest BCUT2D eigenvalue weighted by Crippen LogP contribution is 2.32. The minimum absolute atomic E-state index is 0.0435. The van der Waals surface area contributed by atoms with Crippen molar-refractivity contribution in [3.63, 3.8) is 0 Å². The van der Waals surface area contributed by atoms with Crippen molar-refractivity contribution in [2.45, 2.75) is 0 Å². The van der Waals surface area contributed by atoms with Gasteiger partial charge in [-0.15, -0.1) is 0 Å². The Morgan fingerprint density at radius 2 is 1.81 bits per heavy atom. The molecule has 106 valence electrons. The van der Waals surface area contributed by atoms with Crippen molar-refractivity contribution in [3.05, 3.63) is 62.3 Å². The lowest BCUT2D eigenvalue weighted by Crippen LogP contribution is -2.12. The van der Waals surface area contributed by atoms with Crippen molar-refractivity contribution in [1.29, 1.82) is 0 Å². The monoisotopic (exact) mass is 288 g/mol. The smallest absolute Gasteiger partial charge is 0.302 e. The van der Waals surface area contributed by atoms with E-state index < -0.39 is 27.1 Å². The minimum atomic E-state index is -0.799. The summed E-state index contributed by atoms with van der Waals surface area (Å²) in [5.74, 6) is -0.778. The van der Waals surface area contributed by atoms with Crippen LogP contribution < -0.4 is 5.73 Å². The molecule has 21 heavy (non-hydrogen) atoms. The summed E-state index contributed by atoms with van der Waals surface area (Å²) in [4.78, 5) is 35.3. The molecule has 2 aromatic rings. The van der Waals surface area contributed by atoms with Gasteiger partial charge in [0.25, 0.3) is 5.69 Å². The fourth-order valence-electron chi connectivity index (χ4n) is 1.79. The number of carbonyl (C=O) groups excluding carboxylic acids is 1. The number of aromatic nitrogens is 1. The Bertz CT molecular complexity index is 759. The lowest BCUT2D eigenvalue weighted by atomic mass is 10.0. The van der Waals surface area contributed by atoms with Crippen molar-refractivity contribution in [2.75, 3.05) is 0 Å². The fraction of sp³-hybridized carbons (Fsp3) is 0. The molecule has 0 aliphatic heterocycles. The molecule has 0 aliphatic rings. The quantitative estimate of drug-likeness (QED) is 0.669. The molecule has 0 radical (unpaired) electrons. The van der Waals surface area contributed by atoms with Gasteiger partial charge in [0.2, 0.25) is 5.91 Å². The van der Waals surface area contributed by atoms with Crippen molar-refractivity contribution in [3.8, 4) is 11.3 Å². The number of nitro groups is 2. The number of nitrogens with two attached hydrogens (primary N) is 1. The topological polar surface area (TPSA) is 142 Å². The summed E-state index contributed by atoms with van der Waals surface area (Å²) in [6.45, 7) is 0. The number of hydrogen-bond acceptors (Lipinski definition) is 6. The zero-order chi connectivity index (χ0) is 15.6. The molecule has 9 heteroatoms. The lowest BCUT2D eigenvalue weighted by Gasteiger charge is -2.06. The van der Waals surface area contributed by atoms with Gasteiger partial charge in [0.15, 0.2) is 0 Å². The Morgan fingerprint density at radius 1 is 1.14 bits per heavy atom. The average Bonchev–Trinajstić information content (AvgIpc) is 2.46. The van der Waals surface area contributed by atoms with Crippen LogP contribution in [0.5, 0.6) is 0 Å². The van der Waals surface area contributed by atoms with Crippen LogP contribution in [0.3, 0.4) is 0 Å². The third-order valence-electron chi connectivity index (χ3n) is 2.71. The van der Waals surface area contributed by atoms with E-state index in [1.165, 1.54) is 12.1 Å².